The molecule has 17 heavy (non-hydrogen) atoms. The Morgan fingerprint density at radius 3 is 2.88 bits per heavy atom. The van der Waals surface area contributed by atoms with E-state index in [0.717, 1.165) is 0 Å². The molecule has 1 saturated heterocycles. The molecule has 0 aromatic carbocycles. The van der Waals surface area contributed by atoms with Crippen LogP contribution in [0.2, 0.25) is 0 Å². The Balaban J connectivity index is 0.00000144. The van der Waals surface area contributed by atoms with Crippen molar-refractivity contribution in [3.8, 4) is 0 Å². The third-order valence-corrected chi connectivity index (χ3v) is 2.55. The summed E-state index contributed by atoms with van der Waals surface area (Å²) in [6.45, 7) is -0.283. The number of aliphatic hydroxyl groups excluding tert-OH is 2. The average molecular weight is 264 g/mol. The first-order chi connectivity index (χ1) is 7.61. The number of nitrogen functional groups attached to an aromatic ring is 1. The predicted molar refractivity (Wildman–Crippen MR) is 61.8 cm³/mol. The lowest BCUT2D eigenvalue weighted by Gasteiger charge is -2.13. The third-order valence-electron chi connectivity index (χ3n) is 2.55. The molecule has 0 radical (unpaired) electrons. The lowest BCUT2D eigenvalue weighted by Crippen LogP contribution is -2.27. The van der Waals surface area contributed by atoms with E-state index in [1.165, 1.54) is 16.8 Å². The number of halogens is 1. The van der Waals surface area contributed by atoms with Crippen LogP contribution in [-0.4, -0.2) is 38.6 Å². The number of aliphatic hydroxyl groups is 2. The van der Waals surface area contributed by atoms with Gasteiger partial charge in [0.25, 0.3) is 0 Å². The van der Waals surface area contributed by atoms with Gasteiger partial charge in [-0.2, -0.15) is 4.98 Å². The van der Waals surface area contributed by atoms with Gasteiger partial charge in [-0.25, -0.2) is 4.79 Å². The normalized spacial score (nSPS) is 27.8. The monoisotopic (exact) mass is 263 g/mol. The van der Waals surface area contributed by atoms with E-state index in [9.17, 15) is 9.90 Å². The van der Waals surface area contributed by atoms with Crippen molar-refractivity contribution < 1.29 is 14.9 Å². The zero-order chi connectivity index (χ0) is 11.7. The van der Waals surface area contributed by atoms with Crippen LogP contribution >= 0.6 is 12.4 Å². The van der Waals surface area contributed by atoms with Crippen molar-refractivity contribution in [2.75, 3.05) is 12.3 Å². The summed E-state index contributed by atoms with van der Waals surface area (Å²) < 4.78 is 6.56. The van der Waals surface area contributed by atoms with E-state index in [1.54, 1.807) is 0 Å². The second-order valence-electron chi connectivity index (χ2n) is 3.66. The van der Waals surface area contributed by atoms with Crippen molar-refractivity contribution in [1.29, 1.82) is 0 Å². The zero-order valence-electron chi connectivity index (χ0n) is 8.89. The molecule has 0 bridgehead atoms. The van der Waals surface area contributed by atoms with Crippen LogP contribution in [0.5, 0.6) is 0 Å². The highest BCUT2D eigenvalue weighted by molar-refractivity contribution is 5.85. The molecule has 1 aliphatic rings. The lowest BCUT2D eigenvalue weighted by molar-refractivity contribution is -0.0458. The summed E-state index contributed by atoms with van der Waals surface area (Å²) in [4.78, 5) is 15.0. The minimum atomic E-state index is -0.778. The summed E-state index contributed by atoms with van der Waals surface area (Å²) in [5, 5.41) is 18.4. The molecule has 1 aliphatic heterocycles. The smallest absolute Gasteiger partial charge is 0.351 e. The average Bonchev–Trinajstić information content (AvgIpc) is 2.59. The fraction of sp³-hybridized carbons (Fsp3) is 0.556. The van der Waals surface area contributed by atoms with Gasteiger partial charge in [-0.1, -0.05) is 0 Å². The van der Waals surface area contributed by atoms with Crippen molar-refractivity contribution in [3.05, 3.63) is 22.7 Å². The molecule has 2 heterocycles. The SMILES string of the molecule is Cl.Nc1ccn([C@@H]2CC(O)[C@H](CO)O2)c(=O)n1. The molecule has 0 spiro atoms. The molecule has 1 aromatic heterocycles. The lowest BCUT2D eigenvalue weighted by atomic mass is 10.2. The van der Waals surface area contributed by atoms with Crippen LogP contribution < -0.4 is 11.4 Å². The molecule has 1 aromatic rings. The van der Waals surface area contributed by atoms with Gasteiger partial charge in [-0.05, 0) is 6.07 Å². The molecule has 1 fully saturated rings. The van der Waals surface area contributed by atoms with Crippen LogP contribution in [0.25, 0.3) is 0 Å². The Hall–Kier alpha value is -1.15. The molecule has 0 aliphatic carbocycles. The van der Waals surface area contributed by atoms with Gasteiger partial charge >= 0.3 is 5.69 Å². The van der Waals surface area contributed by atoms with Crippen molar-refractivity contribution in [1.82, 2.24) is 9.55 Å². The maximum Gasteiger partial charge on any atom is 0.351 e. The molecule has 3 atom stereocenters. The van der Waals surface area contributed by atoms with E-state index < -0.39 is 24.1 Å². The molecule has 96 valence electrons. The summed E-state index contributed by atoms with van der Waals surface area (Å²) in [6, 6.07) is 1.48. The molecular formula is C9H14ClN3O4. The first-order valence-corrected chi connectivity index (χ1v) is 4.91. The first-order valence-electron chi connectivity index (χ1n) is 4.91. The molecular weight excluding hydrogens is 250 g/mol. The number of anilines is 1. The molecule has 8 heteroatoms. The van der Waals surface area contributed by atoms with Crippen LogP contribution in [0.15, 0.2) is 17.1 Å². The van der Waals surface area contributed by atoms with Crippen molar-refractivity contribution >= 4 is 18.2 Å². The van der Waals surface area contributed by atoms with Crippen LogP contribution in [0.4, 0.5) is 5.82 Å². The van der Waals surface area contributed by atoms with E-state index in [1.807, 2.05) is 0 Å². The van der Waals surface area contributed by atoms with E-state index in [2.05, 4.69) is 4.98 Å². The minimum Gasteiger partial charge on any atom is -0.394 e. The van der Waals surface area contributed by atoms with Crippen molar-refractivity contribution in [2.24, 2.45) is 0 Å². The van der Waals surface area contributed by atoms with Gasteiger partial charge in [0.15, 0.2) is 0 Å². The van der Waals surface area contributed by atoms with E-state index in [0.29, 0.717) is 0 Å². The molecule has 0 amide bonds. The van der Waals surface area contributed by atoms with Gasteiger partial charge in [0, 0.05) is 12.6 Å². The number of ether oxygens (including phenoxy) is 1. The Morgan fingerprint density at radius 1 is 1.65 bits per heavy atom. The largest absolute Gasteiger partial charge is 0.394 e. The number of hydrogen-bond donors (Lipinski definition) is 3. The van der Waals surface area contributed by atoms with Crippen LogP contribution in [-0.2, 0) is 4.74 Å². The second-order valence-corrected chi connectivity index (χ2v) is 3.66. The summed E-state index contributed by atoms with van der Waals surface area (Å²) >= 11 is 0. The number of nitrogens with two attached hydrogens (primary N) is 1. The fourth-order valence-corrected chi connectivity index (χ4v) is 1.70. The van der Waals surface area contributed by atoms with Gasteiger partial charge in [-0.15, -0.1) is 12.4 Å². The van der Waals surface area contributed by atoms with Crippen molar-refractivity contribution in [3.63, 3.8) is 0 Å². The molecule has 7 nitrogen and oxygen atoms in total. The Kier molecular flexibility index (Phi) is 4.47. The standard InChI is InChI=1S/C9H13N3O4.ClH/c10-7-1-2-12(9(15)11-7)8-3-5(14)6(4-13)16-8;/h1-2,5-6,8,13-14H,3-4H2,(H2,10,11,15);1H/t5?,6-,8-;/m0./s1. The highest BCUT2D eigenvalue weighted by Gasteiger charge is 2.34. The Morgan fingerprint density at radius 2 is 2.35 bits per heavy atom. The van der Waals surface area contributed by atoms with E-state index >= 15 is 0 Å². The second kappa shape index (κ2) is 5.46. The highest BCUT2D eigenvalue weighted by Crippen LogP contribution is 2.27. The molecule has 1 unspecified atom stereocenters. The predicted octanol–water partition coefficient (Wildman–Crippen LogP) is -1.11. The maximum atomic E-state index is 11.5. The highest BCUT2D eigenvalue weighted by atomic mass is 35.5. The fourth-order valence-electron chi connectivity index (χ4n) is 1.70. The summed E-state index contributed by atoms with van der Waals surface area (Å²) in [6.07, 6.45) is -0.333. The molecule has 4 N–H and O–H groups in total. The number of hydrogen-bond acceptors (Lipinski definition) is 6. The number of nitrogens with zero attached hydrogens (tertiary/aromatic N) is 2. The first kappa shape index (κ1) is 13.9. The van der Waals surface area contributed by atoms with Gasteiger partial charge in [-0.3, -0.25) is 4.57 Å². The summed E-state index contributed by atoms with van der Waals surface area (Å²) in [5.41, 5.74) is 4.82. The van der Waals surface area contributed by atoms with Gasteiger partial charge in [0.2, 0.25) is 0 Å². The Labute approximate surface area is 103 Å². The summed E-state index contributed by atoms with van der Waals surface area (Å²) in [7, 11) is 0. The zero-order valence-corrected chi connectivity index (χ0v) is 9.71. The topological polar surface area (TPSA) is 111 Å². The van der Waals surface area contributed by atoms with Crippen molar-refractivity contribution in [2.45, 2.75) is 24.9 Å². The molecule has 0 saturated carbocycles. The van der Waals surface area contributed by atoms with Gasteiger partial charge in [0.05, 0.1) is 12.7 Å². The van der Waals surface area contributed by atoms with Gasteiger partial charge < -0.3 is 20.7 Å². The van der Waals surface area contributed by atoms with Crippen LogP contribution in [0, 0.1) is 0 Å². The van der Waals surface area contributed by atoms with E-state index in [-0.39, 0.29) is 31.3 Å². The summed E-state index contributed by atoms with van der Waals surface area (Å²) in [5.74, 6) is 0.138. The third kappa shape index (κ3) is 2.75. The minimum absolute atomic E-state index is 0. The van der Waals surface area contributed by atoms with Gasteiger partial charge in [0.1, 0.15) is 18.1 Å². The number of aromatic nitrogens is 2. The maximum absolute atomic E-state index is 11.5. The molecule has 2 rings (SSSR count). The number of rotatable bonds is 2. The van der Waals surface area contributed by atoms with Crippen LogP contribution in [0.1, 0.15) is 12.6 Å². The van der Waals surface area contributed by atoms with E-state index in [4.69, 9.17) is 15.6 Å². The van der Waals surface area contributed by atoms with Crippen LogP contribution in [0.3, 0.4) is 0 Å². The Bertz CT molecular complexity index is 438. The quantitative estimate of drug-likeness (QED) is 0.624.